The van der Waals surface area contributed by atoms with Gasteiger partial charge in [0.15, 0.2) is 0 Å². The van der Waals surface area contributed by atoms with E-state index in [0.717, 1.165) is 0 Å². The van der Waals surface area contributed by atoms with E-state index < -0.39 is 0 Å². The maximum Gasteiger partial charge on any atom is 0.421 e. The van der Waals surface area contributed by atoms with Crippen molar-refractivity contribution >= 4 is 105 Å². The van der Waals surface area contributed by atoms with E-state index in [2.05, 4.69) is 270 Å². The topological polar surface area (TPSA) is 19.4 Å². The minimum atomic E-state index is -0.156. The van der Waals surface area contributed by atoms with Gasteiger partial charge in [-0.1, -0.05) is 128 Å². The van der Waals surface area contributed by atoms with Crippen molar-refractivity contribution in [2.75, 3.05) is 29.0 Å². The molecule has 0 N–H and O–H groups in total. The average Bonchev–Trinajstić information content (AvgIpc) is 3.14. The number of nitrogens with zero attached hydrogens (tertiary/aromatic N) is 6. The van der Waals surface area contributed by atoms with Crippen LogP contribution in [0.25, 0.3) is 22.3 Å². The smallest absolute Gasteiger partial charge is 0.359 e. The fraction of sp³-hybridized carbons (Fsp3) is 0.229. The van der Waals surface area contributed by atoms with Crippen molar-refractivity contribution in [3.05, 3.63) is 202 Å². The monoisotopic (exact) mass is 1010 g/mol. The van der Waals surface area contributed by atoms with Gasteiger partial charge in [0.1, 0.15) is 0 Å². The Balaban J connectivity index is 1.04. The Labute approximate surface area is 462 Å². The molecule has 0 spiro atoms. The zero-order valence-electron chi connectivity index (χ0n) is 47.2. The zero-order chi connectivity index (χ0) is 53.5. The van der Waals surface area contributed by atoms with E-state index in [0.29, 0.717) is 23.7 Å². The predicted octanol–water partition coefficient (Wildman–Crippen LogP) is 18.3. The highest BCUT2D eigenvalue weighted by atomic mass is 15.4. The van der Waals surface area contributed by atoms with Gasteiger partial charge < -0.3 is 29.0 Å². The maximum absolute atomic E-state index is 2.73. The number of aryl methyl sites for hydroxylation is 2. The maximum atomic E-state index is 2.73. The van der Waals surface area contributed by atoms with Crippen molar-refractivity contribution in [3.8, 4) is 22.3 Å². The van der Waals surface area contributed by atoms with E-state index >= 15 is 0 Å². The lowest BCUT2D eigenvalue weighted by atomic mass is 9.53. The highest BCUT2D eigenvalue weighted by Crippen LogP contribution is 2.65. The van der Waals surface area contributed by atoms with Crippen LogP contribution in [0, 0.1) is 27.7 Å². The molecule has 0 atom stereocenters. The number of rotatable bonds is 6. The molecule has 9 aromatic rings. The standard InChI is InChI=1S/C70H66B2N6/c1-39(2)47-23-27-59-55(33-47)53-37-58-54(38-57(53)71-75(59)65-31-43(9)45(11)67-69(65)77(71)61-29-25-49(41(5)6)35-63(61)73(67)51-19-15-13-16-20-51)56-34-48(40(3)4)24-28-60(56)76-66-32-44(10)46(12)68-70(66)78(72(58)76)62-30-26-50(42(7)8)36-64(62)74(68)52-21-17-14-18-22-52/h13-42H,1-12H3. The Hall–Kier alpha value is -8.09. The third-order valence-corrected chi connectivity index (χ3v) is 18.6. The van der Waals surface area contributed by atoms with Gasteiger partial charge in [0.2, 0.25) is 0 Å². The quantitative estimate of drug-likeness (QED) is 0.154. The van der Waals surface area contributed by atoms with Crippen LogP contribution in [0.15, 0.2) is 158 Å². The van der Waals surface area contributed by atoms with E-state index in [1.54, 1.807) is 0 Å². The highest BCUT2D eigenvalue weighted by molar-refractivity contribution is 6.89. The Morgan fingerprint density at radius 3 is 1.00 bits per heavy atom. The van der Waals surface area contributed by atoms with E-state index in [1.165, 1.54) is 157 Å². The lowest BCUT2D eigenvalue weighted by molar-refractivity contribution is 0.866. The van der Waals surface area contributed by atoms with Crippen LogP contribution in [0.4, 0.5) is 79.6 Å². The molecule has 6 heterocycles. The second-order valence-corrected chi connectivity index (χ2v) is 24.3. The van der Waals surface area contributed by atoms with Crippen molar-refractivity contribution in [2.24, 2.45) is 0 Å². The normalized spacial score (nSPS) is 14.7. The van der Waals surface area contributed by atoms with Gasteiger partial charge in [-0.15, -0.1) is 0 Å². The Kier molecular flexibility index (Phi) is 10.1. The largest absolute Gasteiger partial charge is 0.421 e. The second kappa shape index (κ2) is 16.7. The second-order valence-electron chi connectivity index (χ2n) is 24.3. The molecule has 8 heteroatoms. The van der Waals surface area contributed by atoms with Crippen molar-refractivity contribution in [1.82, 2.24) is 0 Å². The van der Waals surface area contributed by atoms with Gasteiger partial charge in [0, 0.05) is 33.9 Å². The molecule has 0 fully saturated rings. The minimum absolute atomic E-state index is 0.156. The molecule has 6 aliphatic rings. The number of hydrogen-bond acceptors (Lipinski definition) is 6. The van der Waals surface area contributed by atoms with E-state index in [9.17, 15) is 0 Å². The third kappa shape index (κ3) is 6.29. The molecule has 0 aliphatic carbocycles. The molecule has 382 valence electrons. The predicted molar refractivity (Wildman–Crippen MR) is 334 cm³/mol. The number of benzene rings is 9. The minimum Gasteiger partial charge on any atom is -0.359 e. The fourth-order valence-corrected chi connectivity index (χ4v) is 14.1. The van der Waals surface area contributed by atoms with Crippen molar-refractivity contribution in [2.45, 2.75) is 107 Å². The summed E-state index contributed by atoms with van der Waals surface area (Å²) in [6, 6.07) is 61.8. The Bertz CT molecular complexity index is 3790. The first-order valence-corrected chi connectivity index (χ1v) is 28.6. The molecule has 0 unspecified atom stereocenters. The van der Waals surface area contributed by atoms with Crippen molar-refractivity contribution < 1.29 is 0 Å². The van der Waals surface area contributed by atoms with Gasteiger partial charge >= 0.3 is 14.0 Å². The van der Waals surface area contributed by atoms with Crippen LogP contribution in [0.1, 0.15) is 124 Å². The SMILES string of the molecule is Cc1cc2c3c(c1C)N(c1ccccc1)c1cc(C(C)C)ccc1N3B1c3cc4c(cc3-c3cc(C(C)C)ccc3N12)B1N(c2ccc(C(C)C)cc2-4)c2cc(C)c(C)c3c2N1c1ccc(C(C)C)cc1N3c1ccccc1. The molecule has 0 aromatic heterocycles. The van der Waals surface area contributed by atoms with Gasteiger partial charge in [-0.3, -0.25) is 0 Å². The fourth-order valence-electron chi connectivity index (χ4n) is 14.1. The summed E-state index contributed by atoms with van der Waals surface area (Å²) in [4.78, 5) is 16.0. The van der Waals surface area contributed by atoms with Crippen LogP contribution in [-0.2, 0) is 0 Å². The number of anilines is 14. The van der Waals surface area contributed by atoms with E-state index in [-0.39, 0.29) is 14.0 Å². The molecule has 0 amide bonds. The van der Waals surface area contributed by atoms with Crippen LogP contribution in [0.2, 0.25) is 0 Å². The summed E-state index contributed by atoms with van der Waals surface area (Å²) in [6.45, 7) is 27.6. The van der Waals surface area contributed by atoms with Gasteiger partial charge in [0.05, 0.1) is 56.9 Å². The third-order valence-electron chi connectivity index (χ3n) is 18.6. The molecular formula is C70H66B2N6. The molecule has 0 bridgehead atoms. The van der Waals surface area contributed by atoms with Crippen LogP contribution >= 0.6 is 0 Å². The molecule has 78 heavy (non-hydrogen) atoms. The first-order valence-electron chi connectivity index (χ1n) is 28.6. The molecular weight excluding hydrogens is 946 g/mol. The summed E-state index contributed by atoms with van der Waals surface area (Å²) in [6.07, 6.45) is 0. The van der Waals surface area contributed by atoms with Gasteiger partial charge in [-0.25, -0.2) is 0 Å². The zero-order valence-corrected chi connectivity index (χ0v) is 47.2. The van der Waals surface area contributed by atoms with Gasteiger partial charge in [0.25, 0.3) is 0 Å². The molecule has 0 radical (unpaired) electrons. The van der Waals surface area contributed by atoms with Crippen LogP contribution < -0.4 is 40.0 Å². The summed E-state index contributed by atoms with van der Waals surface area (Å²) in [5.41, 5.74) is 35.8. The van der Waals surface area contributed by atoms with Crippen LogP contribution in [0.5, 0.6) is 0 Å². The molecule has 9 aromatic carbocycles. The first kappa shape index (κ1) is 47.1. The average molecular weight is 1010 g/mol. The van der Waals surface area contributed by atoms with Crippen LogP contribution in [0.3, 0.4) is 0 Å². The summed E-state index contributed by atoms with van der Waals surface area (Å²) >= 11 is 0. The lowest BCUT2D eigenvalue weighted by Gasteiger charge is -2.44. The van der Waals surface area contributed by atoms with Gasteiger partial charge in [-0.2, -0.15) is 0 Å². The lowest BCUT2D eigenvalue weighted by Crippen LogP contribution is -2.59. The highest BCUT2D eigenvalue weighted by Gasteiger charge is 2.56. The molecule has 15 rings (SSSR count). The summed E-state index contributed by atoms with van der Waals surface area (Å²) in [7, 11) is 0. The van der Waals surface area contributed by atoms with Crippen molar-refractivity contribution in [1.29, 1.82) is 0 Å². The first-order chi connectivity index (χ1) is 37.7. The van der Waals surface area contributed by atoms with Crippen molar-refractivity contribution in [3.63, 3.8) is 0 Å². The molecule has 6 aliphatic heterocycles. The van der Waals surface area contributed by atoms with E-state index in [1.807, 2.05) is 0 Å². The number of hydrogen-bond donors (Lipinski definition) is 0. The van der Waals surface area contributed by atoms with E-state index in [4.69, 9.17) is 0 Å². The van der Waals surface area contributed by atoms with Gasteiger partial charge in [-0.05, 0) is 203 Å². The Morgan fingerprint density at radius 1 is 0.295 bits per heavy atom. The molecule has 6 nitrogen and oxygen atoms in total. The number of fused-ring (bicyclic) bond motifs is 20. The Morgan fingerprint density at radius 2 is 0.641 bits per heavy atom. The summed E-state index contributed by atoms with van der Waals surface area (Å²) in [5, 5.41) is 0. The molecule has 0 saturated carbocycles. The number of para-hydroxylation sites is 2. The van der Waals surface area contributed by atoms with Crippen LogP contribution in [-0.4, -0.2) is 14.0 Å². The summed E-state index contributed by atoms with van der Waals surface area (Å²) < 4.78 is 0. The summed E-state index contributed by atoms with van der Waals surface area (Å²) in [5.74, 6) is 1.45. The molecule has 0 saturated heterocycles.